The van der Waals surface area contributed by atoms with Crippen molar-refractivity contribution in [1.82, 2.24) is 29.8 Å². The Morgan fingerprint density at radius 3 is 2.03 bits per heavy atom. The summed E-state index contributed by atoms with van der Waals surface area (Å²) in [6.07, 6.45) is 5.08. The fraction of sp³-hybridized carbons (Fsp3) is 0.510. The van der Waals surface area contributed by atoms with Gasteiger partial charge in [0.1, 0.15) is 29.1 Å². The number of carboxylic acids is 1. The number of hydrogen-bond donors (Lipinski definition) is 3. The van der Waals surface area contributed by atoms with Gasteiger partial charge in [-0.15, -0.1) is 0 Å². The van der Waals surface area contributed by atoms with E-state index < -0.39 is 23.6 Å². The van der Waals surface area contributed by atoms with E-state index in [9.17, 15) is 29.0 Å². The average molecular weight is 867 g/mol. The molecule has 1 atom stereocenters. The maximum absolute atomic E-state index is 14.4. The minimum Gasteiger partial charge on any atom is -0.496 e. The van der Waals surface area contributed by atoms with Crippen molar-refractivity contribution in [2.75, 3.05) is 61.5 Å². The van der Waals surface area contributed by atoms with Crippen LogP contribution in [-0.2, 0) is 4.79 Å². The molecule has 4 fully saturated rings. The van der Waals surface area contributed by atoms with Gasteiger partial charge in [-0.1, -0.05) is 26.0 Å². The number of carbonyl (C=O) groups is 3. The zero-order valence-corrected chi connectivity index (χ0v) is 37.6. The summed E-state index contributed by atoms with van der Waals surface area (Å²) in [5.74, 6) is -0.219. The molecule has 63 heavy (non-hydrogen) atoms. The molecule has 8 rings (SSSR count). The molecule has 3 N–H and O–H groups in total. The lowest BCUT2D eigenvalue weighted by molar-refractivity contribution is -0.163. The lowest BCUT2D eigenvalue weighted by atomic mass is 9.48. The molecule has 0 spiro atoms. The highest BCUT2D eigenvalue weighted by Crippen LogP contribution is 2.58. The van der Waals surface area contributed by atoms with Gasteiger partial charge in [0.15, 0.2) is 5.69 Å². The average Bonchev–Trinajstić information content (AvgIpc) is 3.71. The van der Waals surface area contributed by atoms with Crippen molar-refractivity contribution >= 4 is 17.8 Å². The van der Waals surface area contributed by atoms with Crippen LogP contribution in [0, 0.1) is 29.5 Å². The number of carboxylic acid groups (broad SMARTS) is 1. The summed E-state index contributed by atoms with van der Waals surface area (Å²) in [5, 5.41) is 30.5. The molecule has 2 amide bonds. The number of aliphatic hydroxyl groups excluding tert-OH is 1. The van der Waals surface area contributed by atoms with Gasteiger partial charge in [0.25, 0.3) is 11.8 Å². The highest BCUT2D eigenvalue weighted by molar-refractivity contribution is 5.98. The third-order valence-corrected chi connectivity index (χ3v) is 13.9. The van der Waals surface area contributed by atoms with Gasteiger partial charge in [-0.05, 0) is 167 Å². The second kappa shape index (κ2) is 19.2. The van der Waals surface area contributed by atoms with Gasteiger partial charge in [-0.2, -0.15) is 5.10 Å². The molecule has 1 heterocycles. The van der Waals surface area contributed by atoms with Crippen LogP contribution >= 0.6 is 0 Å². The molecule has 14 heteroatoms. The number of halogens is 1. The van der Waals surface area contributed by atoms with Crippen LogP contribution in [0.1, 0.15) is 103 Å². The molecular formula is C49H63FN6O7. The van der Waals surface area contributed by atoms with Crippen LogP contribution in [0.3, 0.4) is 0 Å². The first-order chi connectivity index (χ1) is 30.1. The van der Waals surface area contributed by atoms with Gasteiger partial charge < -0.3 is 34.8 Å². The summed E-state index contributed by atoms with van der Waals surface area (Å²) in [6.45, 7) is 6.91. The number of nitrogens with one attached hydrogen (secondary N) is 1. The fourth-order valence-corrected chi connectivity index (χ4v) is 10.7. The smallest absolute Gasteiger partial charge is 0.330 e. The predicted octanol–water partition coefficient (Wildman–Crippen LogP) is 7.24. The van der Waals surface area contributed by atoms with Crippen LogP contribution in [0.4, 0.5) is 4.39 Å². The predicted molar refractivity (Wildman–Crippen MR) is 239 cm³/mol. The molecule has 1 unspecified atom stereocenters. The fourth-order valence-electron chi connectivity index (χ4n) is 10.7. The van der Waals surface area contributed by atoms with E-state index in [4.69, 9.17) is 14.6 Å². The molecule has 0 radical (unpaired) electrons. The van der Waals surface area contributed by atoms with Gasteiger partial charge in [0.05, 0.1) is 31.2 Å². The van der Waals surface area contributed by atoms with Crippen molar-refractivity contribution in [2.24, 2.45) is 23.7 Å². The number of hydrogen-bond acceptors (Lipinski definition) is 9. The van der Waals surface area contributed by atoms with Gasteiger partial charge in [0, 0.05) is 25.7 Å². The van der Waals surface area contributed by atoms with Gasteiger partial charge in [-0.25, -0.2) is 13.9 Å². The minimum atomic E-state index is -1.34. The van der Waals surface area contributed by atoms with E-state index >= 15 is 0 Å². The Hall–Kier alpha value is -5.31. The Kier molecular flexibility index (Phi) is 13.9. The van der Waals surface area contributed by atoms with Crippen LogP contribution in [0.2, 0.25) is 0 Å². The molecule has 3 aromatic carbocycles. The number of carbonyl (C=O) groups excluding carboxylic acids is 2. The summed E-state index contributed by atoms with van der Waals surface area (Å²) in [5.41, 5.74) is 2.61. The number of methoxy groups -OCH3 is 2. The summed E-state index contributed by atoms with van der Waals surface area (Å²) in [7, 11) is 8.82. The Bertz CT molecular complexity index is 2230. The largest absolute Gasteiger partial charge is 0.496 e. The van der Waals surface area contributed by atoms with Crippen molar-refractivity contribution in [2.45, 2.75) is 76.5 Å². The van der Waals surface area contributed by atoms with Crippen LogP contribution < -0.4 is 14.8 Å². The quantitative estimate of drug-likeness (QED) is 0.0825. The second-order valence-electron chi connectivity index (χ2n) is 18.4. The molecule has 338 valence electrons. The zero-order chi connectivity index (χ0) is 45.2. The highest BCUT2D eigenvalue weighted by atomic mass is 19.1. The molecule has 4 aliphatic rings. The number of aliphatic carboxylic acids is 1. The van der Waals surface area contributed by atoms with Crippen molar-refractivity contribution in [3.05, 3.63) is 94.9 Å². The van der Waals surface area contributed by atoms with E-state index in [1.54, 1.807) is 36.9 Å². The van der Waals surface area contributed by atoms with Crippen molar-refractivity contribution in [1.29, 1.82) is 0 Å². The molecule has 4 aromatic rings. The molecule has 0 saturated heterocycles. The molecule has 4 aliphatic carbocycles. The Labute approximate surface area is 370 Å². The Morgan fingerprint density at radius 1 is 0.857 bits per heavy atom. The zero-order valence-electron chi connectivity index (χ0n) is 37.6. The van der Waals surface area contributed by atoms with Crippen LogP contribution in [0.5, 0.6) is 11.5 Å². The van der Waals surface area contributed by atoms with Crippen molar-refractivity contribution < 1.29 is 38.5 Å². The topological polar surface area (TPSA) is 150 Å². The number of nitrogens with zero attached hydrogens (tertiary/aromatic N) is 5. The molecule has 4 bridgehead atoms. The number of ether oxygens (including phenoxy) is 2. The third-order valence-electron chi connectivity index (χ3n) is 13.9. The van der Waals surface area contributed by atoms with Crippen molar-refractivity contribution in [3.8, 4) is 28.4 Å². The number of rotatable bonds is 19. The van der Waals surface area contributed by atoms with Crippen molar-refractivity contribution in [3.63, 3.8) is 0 Å². The Morgan fingerprint density at radius 2 is 1.46 bits per heavy atom. The molecule has 4 saturated carbocycles. The van der Waals surface area contributed by atoms with E-state index in [1.807, 2.05) is 55.4 Å². The minimum absolute atomic E-state index is 0.0200. The molecule has 0 aliphatic heterocycles. The van der Waals surface area contributed by atoms with Gasteiger partial charge in [0.2, 0.25) is 0 Å². The van der Waals surface area contributed by atoms with E-state index in [0.29, 0.717) is 64.5 Å². The first kappa shape index (κ1) is 45.7. The molecule has 13 nitrogen and oxygen atoms in total. The van der Waals surface area contributed by atoms with Crippen LogP contribution in [0.25, 0.3) is 16.9 Å². The van der Waals surface area contributed by atoms with Gasteiger partial charge in [-0.3, -0.25) is 14.5 Å². The maximum atomic E-state index is 14.4. The standard InChI is InChI=1S/C49H63FN6O7/c1-30(2)38-28-34(47(59)55(5)22-10-20-53(3)19-9-21-54(4)46(58)33-13-16-37(50)17-14-33)15-18-40(38)56-41(44-42(62-6)11-8-12-43(44)63-7)29-39(52-56)45(57)51-49(48(60)61)35-24-31-23-32(26-35)27-36(49)25-31/h8,11-18,28-32,35-36,47,59H,9-10,19-27H2,1-7H3,(H,51,57)(H,60,61). The normalized spacial score (nSPS) is 21.8. The first-order valence-corrected chi connectivity index (χ1v) is 22.2. The first-order valence-electron chi connectivity index (χ1n) is 22.2. The lowest BCUT2D eigenvalue weighted by Crippen LogP contribution is -2.70. The number of amides is 2. The number of aliphatic hydroxyl groups is 1. The summed E-state index contributed by atoms with van der Waals surface area (Å²) in [6, 6.07) is 18.5. The lowest BCUT2D eigenvalue weighted by Gasteiger charge is -2.59. The van der Waals surface area contributed by atoms with E-state index in [-0.39, 0.29) is 35.2 Å². The Balaban J connectivity index is 1.08. The highest BCUT2D eigenvalue weighted by Gasteiger charge is 2.62. The monoisotopic (exact) mass is 866 g/mol. The number of aromatic nitrogens is 2. The van der Waals surface area contributed by atoms with Gasteiger partial charge >= 0.3 is 5.97 Å². The van der Waals surface area contributed by atoms with E-state index in [2.05, 4.69) is 24.1 Å². The summed E-state index contributed by atoms with van der Waals surface area (Å²) < 4.78 is 26.7. The SMILES string of the molecule is COc1cccc(OC)c1-c1cc(C(=O)NC2(C(=O)O)C3CC4CC(C3)CC2C4)nn1-c1ccc(C(O)N(C)CCCN(C)CCCN(C)C(=O)c2ccc(F)cc2)cc1C(C)C. The van der Waals surface area contributed by atoms with E-state index in [0.717, 1.165) is 63.6 Å². The summed E-state index contributed by atoms with van der Waals surface area (Å²) in [4.78, 5) is 46.1. The van der Waals surface area contributed by atoms with Crippen LogP contribution in [-0.4, -0.2) is 120 Å². The molecular weight excluding hydrogens is 804 g/mol. The third kappa shape index (κ3) is 9.35. The van der Waals surface area contributed by atoms with Crippen LogP contribution in [0.15, 0.2) is 66.7 Å². The second-order valence-corrected chi connectivity index (χ2v) is 18.4. The number of benzene rings is 3. The molecule has 1 aromatic heterocycles. The summed E-state index contributed by atoms with van der Waals surface area (Å²) >= 11 is 0. The van der Waals surface area contributed by atoms with E-state index in [1.165, 1.54) is 24.3 Å². The maximum Gasteiger partial charge on any atom is 0.330 e.